The molecule has 0 bridgehead atoms. The zero-order valence-corrected chi connectivity index (χ0v) is 16.1. The second-order valence-corrected chi connectivity index (χ2v) is 8.69. The van der Waals surface area contributed by atoms with Gasteiger partial charge in [0.15, 0.2) is 0 Å². The van der Waals surface area contributed by atoms with Gasteiger partial charge in [0.05, 0.1) is 19.0 Å². The molecule has 1 N–H and O–H groups in total. The Kier molecular flexibility index (Phi) is 4.30. The van der Waals surface area contributed by atoms with Gasteiger partial charge in [-0.05, 0) is 79.3 Å². The van der Waals surface area contributed by atoms with Gasteiger partial charge < -0.3 is 14.7 Å². The summed E-state index contributed by atoms with van der Waals surface area (Å²) in [5.74, 6) is 0.172. The summed E-state index contributed by atoms with van der Waals surface area (Å²) in [6.45, 7) is 1.84. The maximum atomic E-state index is 11.3. The molecule has 0 aromatic heterocycles. The molecule has 5 rings (SSSR count). The number of carbonyl (C=O) groups is 1. The largest absolute Gasteiger partial charge is 0.487 e. The Hall–Kier alpha value is -2.49. The van der Waals surface area contributed by atoms with Crippen LogP contribution in [0, 0.1) is 5.92 Å². The summed E-state index contributed by atoms with van der Waals surface area (Å²) < 4.78 is 6.04. The average Bonchev–Trinajstić information content (AvgIpc) is 3.03. The molecule has 2 aliphatic carbocycles. The lowest BCUT2D eigenvalue weighted by molar-refractivity contribution is -0.143. The number of fused-ring (bicyclic) bond motifs is 2. The fraction of sp³-hybridized carbons (Fsp3) is 0.458. The van der Waals surface area contributed by atoms with Gasteiger partial charge in [0.25, 0.3) is 0 Å². The van der Waals surface area contributed by atoms with Crippen LogP contribution >= 0.6 is 0 Å². The number of carboxylic acids is 1. The summed E-state index contributed by atoms with van der Waals surface area (Å²) in [4.78, 5) is 13.7. The summed E-state index contributed by atoms with van der Waals surface area (Å²) in [7, 11) is 0. The summed E-state index contributed by atoms with van der Waals surface area (Å²) in [6, 6.07) is 17.0. The van der Waals surface area contributed by atoms with Gasteiger partial charge in [-0.3, -0.25) is 4.79 Å². The van der Waals surface area contributed by atoms with Crippen molar-refractivity contribution in [1.29, 1.82) is 0 Å². The maximum Gasteiger partial charge on any atom is 0.306 e. The quantitative estimate of drug-likeness (QED) is 0.857. The van der Waals surface area contributed by atoms with Crippen molar-refractivity contribution in [3.05, 3.63) is 59.7 Å². The predicted molar refractivity (Wildman–Crippen MR) is 109 cm³/mol. The zero-order chi connectivity index (χ0) is 19.1. The third-order valence-corrected chi connectivity index (χ3v) is 7.09. The third-order valence-electron chi connectivity index (χ3n) is 7.09. The highest BCUT2D eigenvalue weighted by Crippen LogP contribution is 2.51. The number of nitrogens with zero attached hydrogens (tertiary/aromatic N) is 1. The third kappa shape index (κ3) is 3.05. The van der Waals surface area contributed by atoms with Crippen LogP contribution in [0.25, 0.3) is 0 Å². The van der Waals surface area contributed by atoms with E-state index in [0.717, 1.165) is 50.9 Å². The Morgan fingerprint density at radius 3 is 2.50 bits per heavy atom. The average molecular weight is 377 g/mol. The highest BCUT2D eigenvalue weighted by atomic mass is 16.5. The molecule has 1 spiro atoms. The van der Waals surface area contributed by atoms with Gasteiger partial charge in [0.2, 0.25) is 0 Å². The molecule has 1 heterocycles. The standard InChI is InChI=1S/C24H27NO3/c26-23(27)18-9-12-24(13-10-18)11-8-17-6-7-19(14-22(17)24)25-15-21(16-25)28-20-4-2-1-3-5-20/h1-7,14,18,21H,8-13,15-16H2,(H,26,27). The van der Waals surface area contributed by atoms with Gasteiger partial charge >= 0.3 is 5.97 Å². The number of anilines is 1. The molecule has 4 heteroatoms. The minimum atomic E-state index is -0.619. The van der Waals surface area contributed by atoms with Crippen molar-refractivity contribution in [2.24, 2.45) is 5.92 Å². The number of para-hydroxylation sites is 1. The van der Waals surface area contributed by atoms with Crippen molar-refractivity contribution >= 4 is 11.7 Å². The molecular formula is C24H27NO3. The molecule has 0 atom stereocenters. The number of carboxylic acid groups (broad SMARTS) is 1. The van der Waals surface area contributed by atoms with Gasteiger partial charge in [-0.25, -0.2) is 0 Å². The number of aliphatic carboxylic acids is 1. The molecule has 28 heavy (non-hydrogen) atoms. The normalized spacial score (nSPS) is 26.7. The van der Waals surface area contributed by atoms with Crippen molar-refractivity contribution in [3.8, 4) is 5.75 Å². The molecule has 0 unspecified atom stereocenters. The van der Waals surface area contributed by atoms with Crippen LogP contribution in [0.15, 0.2) is 48.5 Å². The van der Waals surface area contributed by atoms with Crippen LogP contribution in [0.2, 0.25) is 0 Å². The first-order chi connectivity index (χ1) is 13.6. The zero-order valence-electron chi connectivity index (χ0n) is 16.1. The first-order valence-corrected chi connectivity index (χ1v) is 10.5. The van der Waals surface area contributed by atoms with Crippen molar-refractivity contribution in [2.45, 2.75) is 50.0 Å². The molecule has 0 radical (unpaired) electrons. The Labute approximate surface area is 166 Å². The van der Waals surface area contributed by atoms with Crippen LogP contribution in [0.3, 0.4) is 0 Å². The summed E-state index contributed by atoms with van der Waals surface area (Å²) in [5.41, 5.74) is 4.45. The monoisotopic (exact) mass is 377 g/mol. The SMILES string of the molecule is O=C(O)C1CCC2(CCc3ccc(N4CC(Oc5ccccc5)C4)cc32)CC1. The van der Waals surface area contributed by atoms with Gasteiger partial charge in [0.1, 0.15) is 11.9 Å². The smallest absolute Gasteiger partial charge is 0.306 e. The Morgan fingerprint density at radius 1 is 1.04 bits per heavy atom. The van der Waals surface area contributed by atoms with Crippen molar-refractivity contribution in [3.63, 3.8) is 0 Å². The molecule has 1 saturated carbocycles. The van der Waals surface area contributed by atoms with Crippen molar-refractivity contribution < 1.29 is 14.6 Å². The predicted octanol–water partition coefficient (Wildman–Crippen LogP) is 4.41. The van der Waals surface area contributed by atoms with Crippen LogP contribution < -0.4 is 9.64 Å². The topological polar surface area (TPSA) is 49.8 Å². The van der Waals surface area contributed by atoms with E-state index in [4.69, 9.17) is 4.74 Å². The number of benzene rings is 2. The summed E-state index contributed by atoms with van der Waals surface area (Å²) in [6.07, 6.45) is 6.21. The Bertz CT molecular complexity index is 865. The Morgan fingerprint density at radius 2 is 1.79 bits per heavy atom. The molecule has 4 nitrogen and oxygen atoms in total. The lowest BCUT2D eigenvalue weighted by atomic mass is 9.67. The van der Waals surface area contributed by atoms with Gasteiger partial charge in [-0.15, -0.1) is 0 Å². The highest BCUT2D eigenvalue weighted by molar-refractivity contribution is 5.70. The van der Waals surface area contributed by atoms with Gasteiger partial charge in [-0.1, -0.05) is 24.3 Å². The summed E-state index contributed by atoms with van der Waals surface area (Å²) in [5, 5.41) is 9.33. The van der Waals surface area contributed by atoms with E-state index in [9.17, 15) is 9.90 Å². The molecule has 2 fully saturated rings. The maximum absolute atomic E-state index is 11.3. The molecule has 1 saturated heterocycles. The van der Waals surface area contributed by atoms with E-state index >= 15 is 0 Å². The number of aryl methyl sites for hydroxylation is 1. The van der Waals surface area contributed by atoms with E-state index in [0.29, 0.717) is 0 Å². The summed E-state index contributed by atoms with van der Waals surface area (Å²) >= 11 is 0. The number of rotatable bonds is 4. The first-order valence-electron chi connectivity index (χ1n) is 10.5. The molecule has 1 aliphatic heterocycles. The minimum Gasteiger partial charge on any atom is -0.487 e. The van der Waals surface area contributed by atoms with Crippen LogP contribution in [-0.4, -0.2) is 30.3 Å². The minimum absolute atomic E-state index is 0.149. The van der Waals surface area contributed by atoms with E-state index in [1.165, 1.54) is 23.2 Å². The van der Waals surface area contributed by atoms with E-state index in [-0.39, 0.29) is 17.4 Å². The molecular weight excluding hydrogens is 350 g/mol. The lowest BCUT2D eigenvalue weighted by Crippen LogP contribution is -2.54. The Balaban J connectivity index is 1.27. The molecule has 2 aromatic rings. The molecule has 2 aromatic carbocycles. The highest BCUT2D eigenvalue weighted by Gasteiger charge is 2.43. The number of hydrogen-bond donors (Lipinski definition) is 1. The van der Waals surface area contributed by atoms with Crippen LogP contribution in [0.4, 0.5) is 5.69 Å². The molecule has 0 amide bonds. The molecule has 146 valence electrons. The van der Waals surface area contributed by atoms with E-state index in [1.807, 2.05) is 30.3 Å². The van der Waals surface area contributed by atoms with Crippen molar-refractivity contribution in [2.75, 3.05) is 18.0 Å². The van der Waals surface area contributed by atoms with Crippen LogP contribution in [0.5, 0.6) is 5.75 Å². The number of hydrogen-bond acceptors (Lipinski definition) is 3. The van der Waals surface area contributed by atoms with E-state index in [2.05, 4.69) is 23.1 Å². The van der Waals surface area contributed by atoms with Crippen molar-refractivity contribution in [1.82, 2.24) is 0 Å². The van der Waals surface area contributed by atoms with E-state index in [1.54, 1.807) is 0 Å². The lowest BCUT2D eigenvalue weighted by Gasteiger charge is -2.42. The fourth-order valence-electron chi connectivity index (χ4n) is 5.33. The van der Waals surface area contributed by atoms with Crippen LogP contribution in [-0.2, 0) is 16.6 Å². The second-order valence-electron chi connectivity index (χ2n) is 8.69. The van der Waals surface area contributed by atoms with E-state index < -0.39 is 5.97 Å². The second kappa shape index (κ2) is 6.84. The number of ether oxygens (including phenoxy) is 1. The van der Waals surface area contributed by atoms with Gasteiger partial charge in [-0.2, -0.15) is 0 Å². The van der Waals surface area contributed by atoms with Gasteiger partial charge in [0, 0.05) is 5.69 Å². The fourth-order valence-corrected chi connectivity index (χ4v) is 5.33. The first kappa shape index (κ1) is 17.6. The van der Waals surface area contributed by atoms with Crippen LogP contribution in [0.1, 0.15) is 43.2 Å². The molecule has 3 aliphatic rings.